The van der Waals surface area contributed by atoms with Crippen molar-refractivity contribution >= 4 is 21.6 Å². The molecular formula is C18H22N2O5S. The number of hydrogen-bond acceptors (Lipinski definition) is 5. The number of nitrogens with one attached hydrogen (secondary N) is 1. The van der Waals surface area contributed by atoms with Crippen LogP contribution in [0.5, 0.6) is 11.5 Å². The van der Waals surface area contributed by atoms with Crippen LogP contribution in [0.1, 0.15) is 10.4 Å². The molecule has 0 spiro atoms. The van der Waals surface area contributed by atoms with Gasteiger partial charge in [0.2, 0.25) is 10.0 Å². The van der Waals surface area contributed by atoms with Gasteiger partial charge in [0.25, 0.3) is 5.91 Å². The van der Waals surface area contributed by atoms with Crippen LogP contribution >= 0.6 is 0 Å². The summed E-state index contributed by atoms with van der Waals surface area (Å²) in [4.78, 5) is 12.3. The predicted molar refractivity (Wildman–Crippen MR) is 101 cm³/mol. The summed E-state index contributed by atoms with van der Waals surface area (Å²) in [5.41, 5.74) is 0.808. The smallest absolute Gasteiger partial charge is 0.255 e. The minimum Gasteiger partial charge on any atom is -0.496 e. The van der Waals surface area contributed by atoms with Crippen LogP contribution in [0.2, 0.25) is 0 Å². The summed E-state index contributed by atoms with van der Waals surface area (Å²) >= 11 is 0. The van der Waals surface area contributed by atoms with Crippen molar-refractivity contribution in [2.45, 2.75) is 0 Å². The molecule has 26 heavy (non-hydrogen) atoms. The number of para-hydroxylation sites is 3. The highest BCUT2D eigenvalue weighted by Gasteiger charge is 2.21. The number of ether oxygens (including phenoxy) is 2. The SMILES string of the molecule is COc1ccccc1C(=O)NCCN(c1ccccc1OC)S(C)(=O)=O. The van der Waals surface area contributed by atoms with E-state index in [1.165, 1.54) is 18.5 Å². The summed E-state index contributed by atoms with van der Waals surface area (Å²) < 4.78 is 36.0. The number of sulfonamides is 1. The van der Waals surface area contributed by atoms with E-state index >= 15 is 0 Å². The van der Waals surface area contributed by atoms with Crippen molar-refractivity contribution < 1.29 is 22.7 Å². The average molecular weight is 378 g/mol. The molecule has 0 bridgehead atoms. The topological polar surface area (TPSA) is 84.9 Å². The zero-order valence-electron chi connectivity index (χ0n) is 14.9. The van der Waals surface area contributed by atoms with E-state index in [1.807, 2.05) is 0 Å². The van der Waals surface area contributed by atoms with Crippen molar-refractivity contribution in [3.63, 3.8) is 0 Å². The Kier molecular flexibility index (Phi) is 6.46. The third kappa shape index (κ3) is 4.66. The van der Waals surface area contributed by atoms with E-state index in [4.69, 9.17) is 9.47 Å². The summed E-state index contributed by atoms with van der Waals surface area (Å²) in [7, 11) is -0.588. The molecule has 8 heteroatoms. The van der Waals surface area contributed by atoms with E-state index in [9.17, 15) is 13.2 Å². The lowest BCUT2D eigenvalue weighted by molar-refractivity contribution is 0.0952. The first-order chi connectivity index (χ1) is 12.4. The fourth-order valence-corrected chi connectivity index (χ4v) is 3.43. The van der Waals surface area contributed by atoms with Gasteiger partial charge in [0.05, 0.1) is 38.3 Å². The molecule has 140 valence electrons. The summed E-state index contributed by atoms with van der Waals surface area (Å²) in [5.74, 6) is 0.555. The van der Waals surface area contributed by atoms with Crippen molar-refractivity contribution in [1.29, 1.82) is 0 Å². The van der Waals surface area contributed by atoms with Crippen LogP contribution in [0, 0.1) is 0 Å². The van der Waals surface area contributed by atoms with Gasteiger partial charge in [0.1, 0.15) is 11.5 Å². The maximum absolute atomic E-state index is 12.3. The average Bonchev–Trinajstić information content (AvgIpc) is 2.64. The molecule has 2 aromatic carbocycles. The zero-order valence-corrected chi connectivity index (χ0v) is 15.7. The molecule has 0 aliphatic carbocycles. The highest BCUT2D eigenvalue weighted by Crippen LogP contribution is 2.29. The molecule has 0 aliphatic heterocycles. The van der Waals surface area contributed by atoms with Gasteiger partial charge in [-0.3, -0.25) is 9.10 Å². The molecule has 2 rings (SSSR count). The second kappa shape index (κ2) is 8.57. The van der Waals surface area contributed by atoms with Gasteiger partial charge in [-0.05, 0) is 24.3 Å². The normalized spacial score (nSPS) is 10.9. The second-order valence-electron chi connectivity index (χ2n) is 5.46. The van der Waals surface area contributed by atoms with Crippen LogP contribution in [0.25, 0.3) is 0 Å². The molecule has 0 fully saturated rings. The van der Waals surface area contributed by atoms with Crippen LogP contribution in [0.4, 0.5) is 5.69 Å². The maximum Gasteiger partial charge on any atom is 0.255 e. The van der Waals surface area contributed by atoms with Crippen molar-refractivity contribution in [2.75, 3.05) is 37.9 Å². The number of rotatable bonds is 8. The lowest BCUT2D eigenvalue weighted by atomic mass is 10.2. The number of nitrogens with zero attached hydrogens (tertiary/aromatic N) is 1. The third-order valence-corrected chi connectivity index (χ3v) is 4.89. The Hall–Kier alpha value is -2.74. The van der Waals surface area contributed by atoms with Crippen LogP contribution in [0.3, 0.4) is 0 Å². The Morgan fingerprint density at radius 3 is 2.19 bits per heavy atom. The fraction of sp³-hybridized carbons (Fsp3) is 0.278. The first-order valence-corrected chi connectivity index (χ1v) is 9.75. The van der Waals surface area contributed by atoms with Crippen LogP contribution in [-0.4, -0.2) is 47.9 Å². The minimum absolute atomic E-state index is 0.0695. The van der Waals surface area contributed by atoms with Gasteiger partial charge in [-0.15, -0.1) is 0 Å². The Bertz CT molecular complexity index is 867. The largest absolute Gasteiger partial charge is 0.496 e. The van der Waals surface area contributed by atoms with Crippen LogP contribution < -0.4 is 19.1 Å². The number of hydrogen-bond donors (Lipinski definition) is 1. The Balaban J connectivity index is 2.13. The van der Waals surface area contributed by atoms with Crippen LogP contribution in [-0.2, 0) is 10.0 Å². The molecule has 0 radical (unpaired) electrons. The van der Waals surface area contributed by atoms with E-state index in [2.05, 4.69) is 5.32 Å². The molecular weight excluding hydrogens is 356 g/mol. The summed E-state index contributed by atoms with van der Waals surface area (Å²) in [6, 6.07) is 13.6. The van der Waals surface area contributed by atoms with E-state index in [0.717, 1.165) is 6.26 Å². The van der Waals surface area contributed by atoms with E-state index < -0.39 is 10.0 Å². The van der Waals surface area contributed by atoms with E-state index in [0.29, 0.717) is 22.7 Å². The maximum atomic E-state index is 12.3. The summed E-state index contributed by atoms with van der Waals surface area (Å²) in [6.45, 7) is 0.197. The minimum atomic E-state index is -3.55. The summed E-state index contributed by atoms with van der Waals surface area (Å²) in [5, 5.41) is 2.72. The van der Waals surface area contributed by atoms with Crippen molar-refractivity contribution in [2.24, 2.45) is 0 Å². The van der Waals surface area contributed by atoms with Gasteiger partial charge in [-0.2, -0.15) is 0 Å². The molecule has 0 atom stereocenters. The van der Waals surface area contributed by atoms with E-state index in [1.54, 1.807) is 48.5 Å². The first kappa shape index (κ1) is 19.6. The lowest BCUT2D eigenvalue weighted by Gasteiger charge is -2.24. The molecule has 7 nitrogen and oxygen atoms in total. The third-order valence-electron chi connectivity index (χ3n) is 3.71. The highest BCUT2D eigenvalue weighted by atomic mass is 32.2. The second-order valence-corrected chi connectivity index (χ2v) is 7.37. The summed E-state index contributed by atoms with van der Waals surface area (Å²) in [6.07, 6.45) is 1.11. The van der Waals surface area contributed by atoms with Gasteiger partial charge >= 0.3 is 0 Å². The first-order valence-electron chi connectivity index (χ1n) is 7.90. The molecule has 0 unspecified atom stereocenters. The lowest BCUT2D eigenvalue weighted by Crippen LogP contribution is -2.38. The van der Waals surface area contributed by atoms with Gasteiger partial charge in [-0.1, -0.05) is 24.3 Å². The van der Waals surface area contributed by atoms with Gasteiger partial charge < -0.3 is 14.8 Å². The van der Waals surface area contributed by atoms with Gasteiger partial charge in [0.15, 0.2) is 0 Å². The number of anilines is 1. The Morgan fingerprint density at radius 1 is 1.00 bits per heavy atom. The number of methoxy groups -OCH3 is 2. The Morgan fingerprint density at radius 2 is 1.58 bits per heavy atom. The van der Waals surface area contributed by atoms with Crippen molar-refractivity contribution in [1.82, 2.24) is 5.32 Å². The standard InChI is InChI=1S/C18H22N2O5S/c1-24-16-10-6-4-8-14(16)18(21)19-12-13-20(26(3,22)23)15-9-5-7-11-17(15)25-2/h4-11H,12-13H2,1-3H3,(H,19,21). The van der Waals surface area contributed by atoms with Crippen LogP contribution in [0.15, 0.2) is 48.5 Å². The Labute approximate surface area is 153 Å². The molecule has 0 aliphatic rings. The van der Waals surface area contributed by atoms with E-state index in [-0.39, 0.29) is 19.0 Å². The van der Waals surface area contributed by atoms with Crippen molar-refractivity contribution in [3.05, 3.63) is 54.1 Å². The van der Waals surface area contributed by atoms with Gasteiger partial charge in [0, 0.05) is 6.54 Å². The van der Waals surface area contributed by atoms with Crippen molar-refractivity contribution in [3.8, 4) is 11.5 Å². The number of benzene rings is 2. The number of amides is 1. The zero-order chi connectivity index (χ0) is 19.2. The molecule has 0 aromatic heterocycles. The highest BCUT2D eigenvalue weighted by molar-refractivity contribution is 7.92. The molecule has 1 amide bonds. The predicted octanol–water partition coefficient (Wildman–Crippen LogP) is 1.90. The molecule has 0 saturated heterocycles. The fourth-order valence-electron chi connectivity index (χ4n) is 2.50. The monoisotopic (exact) mass is 378 g/mol. The van der Waals surface area contributed by atoms with Gasteiger partial charge in [-0.25, -0.2) is 8.42 Å². The number of carbonyl (C=O) groups is 1. The molecule has 1 N–H and O–H groups in total. The number of carbonyl (C=O) groups excluding carboxylic acids is 1. The quantitative estimate of drug-likeness (QED) is 0.758. The molecule has 2 aromatic rings. The molecule has 0 heterocycles. The molecule has 0 saturated carbocycles.